The van der Waals surface area contributed by atoms with Crippen molar-refractivity contribution in [2.45, 2.75) is 25.0 Å². The topological polar surface area (TPSA) is 96.9 Å². The lowest BCUT2D eigenvalue weighted by Gasteiger charge is -2.06. The van der Waals surface area contributed by atoms with Crippen molar-refractivity contribution in [1.29, 1.82) is 0 Å². The molecule has 0 saturated carbocycles. The van der Waals surface area contributed by atoms with E-state index in [9.17, 15) is 8.42 Å². The van der Waals surface area contributed by atoms with Crippen LogP contribution in [0, 0.1) is 6.92 Å². The minimum absolute atomic E-state index is 0.0116. The van der Waals surface area contributed by atoms with Crippen LogP contribution in [0.5, 0.6) is 0 Å². The van der Waals surface area contributed by atoms with E-state index >= 15 is 0 Å². The van der Waals surface area contributed by atoms with Crippen molar-refractivity contribution in [3.05, 3.63) is 47.7 Å². The van der Waals surface area contributed by atoms with Gasteiger partial charge in [-0.2, -0.15) is 0 Å². The number of nitrogens with one attached hydrogen (secondary N) is 2. The zero-order valence-corrected chi connectivity index (χ0v) is 12.7. The fraction of sp³-hybridized carbons (Fsp3) is 0.308. The minimum atomic E-state index is -3.65. The summed E-state index contributed by atoms with van der Waals surface area (Å²) < 4.78 is 26.7. The summed E-state index contributed by atoms with van der Waals surface area (Å²) in [5, 5.41) is 2.96. The molecule has 0 aliphatic carbocycles. The summed E-state index contributed by atoms with van der Waals surface area (Å²) in [4.78, 5) is 12.1. The molecule has 0 amide bonds. The number of pyridine rings is 1. The summed E-state index contributed by atoms with van der Waals surface area (Å²) in [7, 11) is -1.84. The molecule has 8 heteroatoms. The zero-order chi connectivity index (χ0) is 15.3. The smallest absolute Gasteiger partial charge is 0.258 e. The highest BCUT2D eigenvalue weighted by molar-refractivity contribution is 7.89. The molecule has 0 aliphatic rings. The average Bonchev–Trinajstić information content (AvgIpc) is 2.48. The van der Waals surface area contributed by atoms with Crippen molar-refractivity contribution in [3.63, 3.8) is 0 Å². The Morgan fingerprint density at radius 2 is 1.86 bits per heavy atom. The molecule has 2 aromatic heterocycles. The Morgan fingerprint density at radius 1 is 1.05 bits per heavy atom. The summed E-state index contributed by atoms with van der Waals surface area (Å²) in [6.07, 6.45) is 4.67. The lowest BCUT2D eigenvalue weighted by molar-refractivity contribution is 0.576. The predicted molar refractivity (Wildman–Crippen MR) is 77.8 cm³/mol. The van der Waals surface area contributed by atoms with E-state index in [1.54, 1.807) is 18.5 Å². The van der Waals surface area contributed by atoms with E-state index < -0.39 is 10.0 Å². The van der Waals surface area contributed by atoms with Crippen molar-refractivity contribution in [3.8, 4) is 0 Å². The van der Waals surface area contributed by atoms with E-state index in [2.05, 4.69) is 25.0 Å². The zero-order valence-electron chi connectivity index (χ0n) is 11.9. The van der Waals surface area contributed by atoms with Crippen molar-refractivity contribution >= 4 is 10.0 Å². The van der Waals surface area contributed by atoms with Gasteiger partial charge in [-0.1, -0.05) is 6.07 Å². The number of nitrogens with zero attached hydrogens (tertiary/aromatic N) is 3. The van der Waals surface area contributed by atoms with Gasteiger partial charge in [0, 0.05) is 18.9 Å². The van der Waals surface area contributed by atoms with Gasteiger partial charge in [-0.25, -0.2) is 18.1 Å². The molecule has 2 N–H and O–H groups in total. The summed E-state index contributed by atoms with van der Waals surface area (Å²) in [6, 6.07) is 3.21. The lowest BCUT2D eigenvalue weighted by Crippen LogP contribution is -2.24. The van der Waals surface area contributed by atoms with Crippen LogP contribution >= 0.6 is 0 Å². The summed E-state index contributed by atoms with van der Waals surface area (Å²) in [6.45, 7) is 2.53. The second-order valence-electron chi connectivity index (χ2n) is 4.51. The first-order valence-electron chi connectivity index (χ1n) is 6.38. The van der Waals surface area contributed by atoms with Gasteiger partial charge in [0.05, 0.1) is 24.1 Å². The highest BCUT2D eigenvalue weighted by Gasteiger charge is 2.15. The van der Waals surface area contributed by atoms with Crippen molar-refractivity contribution in [1.82, 2.24) is 25.0 Å². The predicted octanol–water partition coefficient (Wildman–Crippen LogP) is 0.378. The molecule has 0 aromatic carbocycles. The summed E-state index contributed by atoms with van der Waals surface area (Å²) >= 11 is 0. The molecule has 0 bridgehead atoms. The maximum Gasteiger partial charge on any atom is 0.258 e. The third-order valence-electron chi connectivity index (χ3n) is 2.73. The van der Waals surface area contributed by atoms with Gasteiger partial charge in [-0.15, -0.1) is 0 Å². The first-order valence-corrected chi connectivity index (χ1v) is 7.86. The van der Waals surface area contributed by atoms with Gasteiger partial charge in [0.1, 0.15) is 0 Å². The van der Waals surface area contributed by atoms with Gasteiger partial charge < -0.3 is 5.32 Å². The number of hydrogen-bond acceptors (Lipinski definition) is 6. The SMILES string of the molecule is CNCc1ccc(S(=O)(=O)NCc2cnc(C)cn2)nc1. The van der Waals surface area contributed by atoms with Crippen molar-refractivity contribution in [2.75, 3.05) is 7.05 Å². The average molecular weight is 307 g/mol. The quantitative estimate of drug-likeness (QED) is 0.801. The normalized spacial score (nSPS) is 11.5. The Hall–Kier alpha value is -1.90. The van der Waals surface area contributed by atoms with Gasteiger partial charge in [-0.3, -0.25) is 9.97 Å². The third kappa shape index (κ3) is 4.28. The van der Waals surface area contributed by atoms with Crippen LogP contribution in [0.15, 0.2) is 35.7 Å². The van der Waals surface area contributed by atoms with Crippen LogP contribution in [0.3, 0.4) is 0 Å². The number of hydrogen-bond donors (Lipinski definition) is 2. The molecule has 2 aromatic rings. The summed E-state index contributed by atoms with van der Waals surface area (Å²) in [5.41, 5.74) is 2.25. The number of aryl methyl sites for hydroxylation is 1. The van der Waals surface area contributed by atoms with E-state index in [1.807, 2.05) is 14.0 Å². The molecule has 21 heavy (non-hydrogen) atoms. The molecule has 0 unspecified atom stereocenters. The van der Waals surface area contributed by atoms with Gasteiger partial charge >= 0.3 is 0 Å². The molecule has 2 rings (SSSR count). The van der Waals surface area contributed by atoms with E-state index in [0.29, 0.717) is 12.2 Å². The van der Waals surface area contributed by atoms with Gasteiger partial charge in [-0.05, 0) is 25.6 Å². The van der Waals surface area contributed by atoms with E-state index in [0.717, 1.165) is 11.3 Å². The fourth-order valence-electron chi connectivity index (χ4n) is 1.63. The van der Waals surface area contributed by atoms with Crippen LogP contribution in [0.2, 0.25) is 0 Å². The van der Waals surface area contributed by atoms with Crippen molar-refractivity contribution in [2.24, 2.45) is 0 Å². The Morgan fingerprint density at radius 3 is 2.43 bits per heavy atom. The van der Waals surface area contributed by atoms with Crippen LogP contribution in [0.25, 0.3) is 0 Å². The molecule has 0 atom stereocenters. The Bertz CT molecular complexity index is 684. The van der Waals surface area contributed by atoms with Crippen LogP contribution in [0.1, 0.15) is 17.0 Å². The maximum atomic E-state index is 12.1. The second kappa shape index (κ2) is 6.70. The standard InChI is InChI=1S/C13H17N5O2S/c1-10-5-16-12(8-15-10)9-18-21(19,20)13-4-3-11(6-14-2)7-17-13/h3-5,7-8,14,18H,6,9H2,1-2H3. The van der Waals surface area contributed by atoms with Crippen LogP contribution in [-0.4, -0.2) is 30.4 Å². The van der Waals surface area contributed by atoms with Crippen LogP contribution in [-0.2, 0) is 23.1 Å². The van der Waals surface area contributed by atoms with Crippen LogP contribution in [0.4, 0.5) is 0 Å². The minimum Gasteiger partial charge on any atom is -0.316 e. The summed E-state index contributed by atoms with van der Waals surface area (Å²) in [5.74, 6) is 0. The molecular formula is C13H17N5O2S. The lowest BCUT2D eigenvalue weighted by atomic mass is 10.3. The second-order valence-corrected chi connectivity index (χ2v) is 6.22. The van der Waals surface area contributed by atoms with Crippen LogP contribution < -0.4 is 10.0 Å². The number of rotatable bonds is 6. The Labute approximate surface area is 123 Å². The molecule has 2 heterocycles. The third-order valence-corrected chi connectivity index (χ3v) is 4.05. The van der Waals surface area contributed by atoms with Crippen molar-refractivity contribution < 1.29 is 8.42 Å². The molecule has 112 valence electrons. The first-order chi connectivity index (χ1) is 10.0. The first kappa shape index (κ1) is 15.5. The number of aromatic nitrogens is 3. The molecule has 0 saturated heterocycles. The molecule has 0 aliphatic heterocycles. The van der Waals surface area contributed by atoms with E-state index in [1.165, 1.54) is 12.3 Å². The van der Waals surface area contributed by atoms with Gasteiger partial charge in [0.15, 0.2) is 5.03 Å². The molecule has 0 radical (unpaired) electrons. The van der Waals surface area contributed by atoms with Gasteiger partial charge in [0.25, 0.3) is 10.0 Å². The Kier molecular flexibility index (Phi) is 4.94. The maximum absolute atomic E-state index is 12.1. The molecule has 0 spiro atoms. The van der Waals surface area contributed by atoms with E-state index in [4.69, 9.17) is 0 Å². The highest BCUT2D eigenvalue weighted by atomic mass is 32.2. The monoisotopic (exact) mass is 307 g/mol. The van der Waals surface area contributed by atoms with Gasteiger partial charge in [0.2, 0.25) is 0 Å². The Balaban J connectivity index is 2.05. The number of sulfonamides is 1. The fourth-order valence-corrected chi connectivity index (χ4v) is 2.56. The van der Waals surface area contributed by atoms with E-state index in [-0.39, 0.29) is 11.6 Å². The molecular weight excluding hydrogens is 290 g/mol. The highest BCUT2D eigenvalue weighted by Crippen LogP contribution is 2.07. The largest absolute Gasteiger partial charge is 0.316 e. The molecule has 7 nitrogen and oxygen atoms in total. The molecule has 0 fully saturated rings.